The monoisotopic (exact) mass is 630 g/mol. The molecule has 1 amide bonds. The number of pyridine rings is 2. The van der Waals surface area contributed by atoms with Crippen molar-refractivity contribution in [2.24, 2.45) is 7.05 Å². The third-order valence-corrected chi connectivity index (χ3v) is 5.71. The number of alkyl halides is 10. The Kier molecular flexibility index (Phi) is 8.55. The van der Waals surface area contributed by atoms with E-state index in [0.29, 0.717) is 0 Å². The zero-order valence-electron chi connectivity index (χ0n) is 19.5. The fourth-order valence-electron chi connectivity index (χ4n) is 3.06. The molecule has 0 aliphatic heterocycles. The smallest absolute Gasteiger partial charge is 0.460 e. The summed E-state index contributed by atoms with van der Waals surface area (Å²) in [6.45, 7) is -4.51. The first kappa shape index (κ1) is 31.3. The van der Waals surface area contributed by atoms with Gasteiger partial charge in [0.2, 0.25) is 11.8 Å². The van der Waals surface area contributed by atoms with Crippen LogP contribution in [0.25, 0.3) is 11.2 Å². The summed E-state index contributed by atoms with van der Waals surface area (Å²) in [5.74, 6) is -22.6. The highest BCUT2D eigenvalue weighted by molar-refractivity contribution is 6.39. The summed E-state index contributed by atoms with van der Waals surface area (Å²) in [6, 6.07) is 0.840. The summed E-state index contributed by atoms with van der Waals surface area (Å²) in [5, 5.41) is 4.04. The third kappa shape index (κ3) is 5.63. The number of aromatic nitrogens is 4. The minimum atomic E-state index is -7.14. The highest BCUT2D eigenvalue weighted by Crippen LogP contribution is 2.52. The summed E-state index contributed by atoms with van der Waals surface area (Å²) < 4.78 is 137. The molecular formula is C20H14Cl2F10N6O2. The Morgan fingerprint density at radius 1 is 1.00 bits per heavy atom. The number of halogens is 12. The summed E-state index contributed by atoms with van der Waals surface area (Å²) in [6.07, 6.45) is -4.54. The first-order valence-electron chi connectivity index (χ1n) is 10.5. The molecule has 0 aliphatic rings. The SMILES string of the molecule is Cn1c(Nc2c(Cl)cncc2Cl)nc2cc(C(=O)NCC(F)(F)C(F)(F)C(F)(F)C(F)(F)F)c(OCCF)nc21. The average Bonchev–Trinajstić information content (AvgIpc) is 3.16. The molecule has 0 spiro atoms. The molecule has 3 aromatic heterocycles. The van der Waals surface area contributed by atoms with E-state index in [9.17, 15) is 48.7 Å². The standard InChI is InChI=1S/C20H14Cl2F10N6O2/c1-38-13-11(35-16(38)36-12-9(21)5-33-6-10(12)22)4-8(15(37-13)40-3-2-23)14(39)34-7-17(24,25)18(26,27)19(28,29)20(30,31)32/h4-6H,2-3,7H2,1H3,(H,34,39)(H,33,35,36). The predicted octanol–water partition coefficient (Wildman–Crippen LogP) is 5.96. The van der Waals surface area contributed by atoms with Crippen LogP contribution in [0.2, 0.25) is 10.0 Å². The maximum Gasteiger partial charge on any atom is 0.460 e. The summed E-state index contributed by atoms with van der Waals surface area (Å²) in [7, 11) is 1.40. The number of amides is 1. The third-order valence-electron chi connectivity index (χ3n) is 5.14. The molecule has 220 valence electrons. The number of anilines is 2. The van der Waals surface area contributed by atoms with Crippen molar-refractivity contribution in [3.63, 3.8) is 0 Å². The Bertz CT molecular complexity index is 1400. The van der Waals surface area contributed by atoms with Crippen molar-refractivity contribution in [1.82, 2.24) is 24.8 Å². The summed E-state index contributed by atoms with van der Waals surface area (Å²) in [4.78, 5) is 24.4. The molecule has 0 saturated heterocycles. The molecule has 0 bridgehead atoms. The Morgan fingerprint density at radius 2 is 1.60 bits per heavy atom. The van der Waals surface area contributed by atoms with Crippen LogP contribution in [0, 0.1) is 0 Å². The topological polar surface area (TPSA) is 94.0 Å². The minimum Gasteiger partial charge on any atom is -0.474 e. The van der Waals surface area contributed by atoms with E-state index in [1.165, 1.54) is 24.0 Å². The van der Waals surface area contributed by atoms with Crippen LogP contribution >= 0.6 is 23.2 Å². The van der Waals surface area contributed by atoms with Crippen LogP contribution in [0.1, 0.15) is 10.4 Å². The fraction of sp³-hybridized carbons (Fsp3) is 0.400. The number of rotatable bonds is 10. The summed E-state index contributed by atoms with van der Waals surface area (Å²) >= 11 is 12.1. The van der Waals surface area contributed by atoms with Crippen LogP contribution in [-0.4, -0.2) is 69.2 Å². The van der Waals surface area contributed by atoms with Gasteiger partial charge in [-0.25, -0.2) is 9.37 Å². The zero-order chi connectivity index (χ0) is 30.3. The van der Waals surface area contributed by atoms with Gasteiger partial charge >= 0.3 is 23.9 Å². The van der Waals surface area contributed by atoms with E-state index in [4.69, 9.17) is 27.9 Å². The van der Waals surface area contributed by atoms with Gasteiger partial charge in [0.25, 0.3) is 5.91 Å². The lowest BCUT2D eigenvalue weighted by atomic mass is 10.0. The maximum absolute atomic E-state index is 13.9. The average molecular weight is 631 g/mol. The highest BCUT2D eigenvalue weighted by atomic mass is 35.5. The van der Waals surface area contributed by atoms with Crippen molar-refractivity contribution in [2.75, 3.05) is 25.1 Å². The normalized spacial score (nSPS) is 13.0. The lowest BCUT2D eigenvalue weighted by Crippen LogP contribution is -2.63. The quantitative estimate of drug-likeness (QED) is 0.269. The maximum atomic E-state index is 13.9. The molecule has 0 saturated carbocycles. The number of nitrogens with zero attached hydrogens (tertiary/aromatic N) is 4. The van der Waals surface area contributed by atoms with Crippen molar-refractivity contribution >= 4 is 51.9 Å². The van der Waals surface area contributed by atoms with Gasteiger partial charge in [-0.05, 0) is 6.07 Å². The summed E-state index contributed by atoms with van der Waals surface area (Å²) in [5.41, 5.74) is -0.893. The van der Waals surface area contributed by atoms with Crippen molar-refractivity contribution in [2.45, 2.75) is 23.9 Å². The molecular weight excluding hydrogens is 617 g/mol. The van der Waals surface area contributed by atoms with Crippen LogP contribution in [0.3, 0.4) is 0 Å². The number of carbonyl (C=O) groups excluding carboxylic acids is 1. The van der Waals surface area contributed by atoms with E-state index >= 15 is 0 Å². The van der Waals surface area contributed by atoms with Crippen molar-refractivity contribution in [3.8, 4) is 5.88 Å². The molecule has 0 aliphatic carbocycles. The second kappa shape index (κ2) is 10.9. The van der Waals surface area contributed by atoms with Crippen LogP contribution in [0.5, 0.6) is 5.88 Å². The first-order valence-corrected chi connectivity index (χ1v) is 11.2. The second-order valence-corrected chi connectivity index (χ2v) is 8.67. The molecule has 3 heterocycles. The molecule has 20 heteroatoms. The van der Waals surface area contributed by atoms with E-state index in [0.717, 1.165) is 11.4 Å². The number of hydrogen-bond acceptors (Lipinski definition) is 6. The Morgan fingerprint density at radius 3 is 2.15 bits per heavy atom. The Labute approximate surface area is 226 Å². The van der Waals surface area contributed by atoms with Gasteiger partial charge in [0, 0.05) is 19.4 Å². The predicted molar refractivity (Wildman–Crippen MR) is 121 cm³/mol. The first-order chi connectivity index (χ1) is 18.4. The molecule has 0 aromatic carbocycles. The molecule has 0 atom stereocenters. The number of fused-ring (bicyclic) bond motifs is 1. The van der Waals surface area contributed by atoms with Crippen molar-refractivity contribution in [3.05, 3.63) is 34.1 Å². The van der Waals surface area contributed by atoms with Crippen LogP contribution in [0.4, 0.5) is 55.5 Å². The minimum absolute atomic E-state index is 0.0212. The van der Waals surface area contributed by atoms with E-state index in [-0.39, 0.29) is 32.8 Å². The fourth-order valence-corrected chi connectivity index (χ4v) is 3.52. The van der Waals surface area contributed by atoms with E-state index in [2.05, 4.69) is 20.3 Å². The lowest BCUT2D eigenvalue weighted by molar-refractivity contribution is -0.394. The molecule has 2 N–H and O–H groups in total. The van der Waals surface area contributed by atoms with Gasteiger partial charge in [-0.15, -0.1) is 0 Å². The lowest BCUT2D eigenvalue weighted by Gasteiger charge is -2.33. The van der Waals surface area contributed by atoms with Gasteiger partial charge in [0.1, 0.15) is 24.4 Å². The van der Waals surface area contributed by atoms with Crippen LogP contribution in [-0.2, 0) is 7.05 Å². The number of imidazole rings is 1. The number of hydrogen-bond donors (Lipinski definition) is 2. The Balaban J connectivity index is 1.96. The van der Waals surface area contributed by atoms with Gasteiger partial charge in [-0.3, -0.25) is 14.3 Å². The molecule has 40 heavy (non-hydrogen) atoms. The Hall–Kier alpha value is -3.28. The molecule has 3 aromatic rings. The van der Waals surface area contributed by atoms with Gasteiger partial charge in [-0.2, -0.15) is 44.5 Å². The molecule has 8 nitrogen and oxygen atoms in total. The van der Waals surface area contributed by atoms with E-state index in [1.807, 2.05) is 0 Å². The molecule has 0 fully saturated rings. The molecule has 3 rings (SSSR count). The highest BCUT2D eigenvalue weighted by Gasteiger charge is 2.81. The van der Waals surface area contributed by atoms with Gasteiger partial charge in [-0.1, -0.05) is 23.2 Å². The van der Waals surface area contributed by atoms with E-state index < -0.39 is 61.1 Å². The van der Waals surface area contributed by atoms with Crippen molar-refractivity contribution < 1.29 is 53.4 Å². The second-order valence-electron chi connectivity index (χ2n) is 7.85. The van der Waals surface area contributed by atoms with E-state index in [1.54, 1.807) is 0 Å². The van der Waals surface area contributed by atoms with Gasteiger partial charge in [0.05, 0.1) is 22.3 Å². The van der Waals surface area contributed by atoms with Gasteiger partial charge < -0.3 is 15.4 Å². The number of aryl methyl sites for hydroxylation is 1. The molecule has 0 unspecified atom stereocenters. The number of nitrogens with one attached hydrogen (secondary N) is 2. The van der Waals surface area contributed by atoms with Crippen LogP contribution in [0.15, 0.2) is 18.5 Å². The van der Waals surface area contributed by atoms with Crippen molar-refractivity contribution in [1.29, 1.82) is 0 Å². The number of carbonyl (C=O) groups is 1. The largest absolute Gasteiger partial charge is 0.474 e. The zero-order valence-corrected chi connectivity index (χ0v) is 21.0. The van der Waals surface area contributed by atoms with Gasteiger partial charge in [0.15, 0.2) is 5.65 Å². The number of ether oxygens (including phenoxy) is 1. The van der Waals surface area contributed by atoms with Crippen LogP contribution < -0.4 is 15.4 Å². The molecule has 0 radical (unpaired) electrons.